The van der Waals surface area contributed by atoms with E-state index in [1.54, 1.807) is 11.3 Å². The van der Waals surface area contributed by atoms with E-state index in [-0.39, 0.29) is 6.10 Å². The minimum absolute atomic E-state index is 0.190. The molecule has 1 fully saturated rings. The number of aliphatic hydroxyl groups is 1. The average Bonchev–Trinajstić information content (AvgIpc) is 2.88. The van der Waals surface area contributed by atoms with Crippen LogP contribution in [0.3, 0.4) is 0 Å². The van der Waals surface area contributed by atoms with Crippen molar-refractivity contribution >= 4 is 19.4 Å². The van der Waals surface area contributed by atoms with Gasteiger partial charge in [0.15, 0.2) is 0 Å². The van der Waals surface area contributed by atoms with Gasteiger partial charge in [-0.05, 0) is 48.5 Å². The summed E-state index contributed by atoms with van der Waals surface area (Å²) in [7, 11) is 5.09. The molecule has 0 amide bonds. The standard InChI is InChI=1S/C13H19BO2S/c1-9-7-13(15)11(4-5-16-14)12(9)8-10-3-2-6-17-10/h2-3,6,9,11-13,15H,4-5,7-8H2,1H3. The number of hydrogen-bond acceptors (Lipinski definition) is 3. The van der Waals surface area contributed by atoms with Gasteiger partial charge >= 0.3 is 0 Å². The van der Waals surface area contributed by atoms with Crippen molar-refractivity contribution in [1.29, 1.82) is 0 Å². The Labute approximate surface area is 108 Å². The van der Waals surface area contributed by atoms with E-state index in [9.17, 15) is 5.11 Å². The predicted octanol–water partition coefficient (Wildman–Crippen LogP) is 2.41. The minimum atomic E-state index is -0.190. The molecule has 1 aromatic heterocycles. The minimum Gasteiger partial charge on any atom is -0.448 e. The molecule has 1 aliphatic carbocycles. The van der Waals surface area contributed by atoms with Crippen LogP contribution in [0.5, 0.6) is 0 Å². The zero-order chi connectivity index (χ0) is 12.3. The van der Waals surface area contributed by atoms with Gasteiger partial charge in [-0.1, -0.05) is 13.0 Å². The third-order valence-corrected chi connectivity index (χ3v) is 4.87. The van der Waals surface area contributed by atoms with Crippen LogP contribution in [0.4, 0.5) is 0 Å². The molecular weight excluding hydrogens is 231 g/mol. The van der Waals surface area contributed by atoms with E-state index in [4.69, 9.17) is 8.05 Å². The zero-order valence-electron chi connectivity index (χ0n) is 10.2. The maximum absolute atomic E-state index is 10.1. The van der Waals surface area contributed by atoms with Gasteiger partial charge in [-0.25, -0.2) is 0 Å². The highest BCUT2D eigenvalue weighted by molar-refractivity contribution is 7.09. The molecule has 0 saturated heterocycles. The van der Waals surface area contributed by atoms with Crippen molar-refractivity contribution < 1.29 is 9.76 Å². The van der Waals surface area contributed by atoms with Gasteiger partial charge < -0.3 is 9.76 Å². The molecule has 0 spiro atoms. The Kier molecular flexibility index (Phi) is 4.65. The molecule has 1 aromatic rings. The second-order valence-electron chi connectivity index (χ2n) is 5.05. The molecule has 2 rings (SSSR count). The summed E-state index contributed by atoms with van der Waals surface area (Å²) in [6, 6.07) is 4.27. The van der Waals surface area contributed by atoms with Crippen LogP contribution in [-0.4, -0.2) is 25.9 Å². The van der Waals surface area contributed by atoms with Crippen molar-refractivity contribution in [3.8, 4) is 0 Å². The van der Waals surface area contributed by atoms with Crippen LogP contribution < -0.4 is 0 Å². The molecule has 2 radical (unpaired) electrons. The third-order valence-electron chi connectivity index (χ3n) is 3.97. The Morgan fingerprint density at radius 1 is 1.53 bits per heavy atom. The molecular formula is C13H19BO2S. The van der Waals surface area contributed by atoms with Gasteiger partial charge in [0, 0.05) is 11.5 Å². The van der Waals surface area contributed by atoms with E-state index >= 15 is 0 Å². The highest BCUT2D eigenvalue weighted by Crippen LogP contribution is 2.41. The fourth-order valence-electron chi connectivity index (χ4n) is 3.06. The Balaban J connectivity index is 2.00. The summed E-state index contributed by atoms with van der Waals surface area (Å²) in [4.78, 5) is 1.41. The van der Waals surface area contributed by atoms with E-state index in [2.05, 4.69) is 29.1 Å². The van der Waals surface area contributed by atoms with Crippen LogP contribution in [0.1, 0.15) is 24.6 Å². The van der Waals surface area contributed by atoms with Crippen molar-refractivity contribution in [2.75, 3.05) is 6.61 Å². The molecule has 4 atom stereocenters. The summed E-state index contributed by atoms with van der Waals surface area (Å²) in [5, 5.41) is 12.2. The van der Waals surface area contributed by atoms with Crippen molar-refractivity contribution in [2.45, 2.75) is 32.3 Å². The lowest BCUT2D eigenvalue weighted by Gasteiger charge is -2.23. The second kappa shape index (κ2) is 6.03. The lowest BCUT2D eigenvalue weighted by molar-refractivity contribution is 0.101. The Bertz CT molecular complexity index is 328. The van der Waals surface area contributed by atoms with Gasteiger partial charge in [-0.3, -0.25) is 0 Å². The topological polar surface area (TPSA) is 29.5 Å². The highest BCUT2D eigenvalue weighted by atomic mass is 32.1. The van der Waals surface area contributed by atoms with Crippen LogP contribution in [0.2, 0.25) is 0 Å². The largest absolute Gasteiger partial charge is 0.448 e. The molecule has 17 heavy (non-hydrogen) atoms. The third kappa shape index (κ3) is 3.12. The molecule has 1 aliphatic rings. The smallest absolute Gasteiger partial charge is 0.282 e. The van der Waals surface area contributed by atoms with Gasteiger partial charge in [0.1, 0.15) is 0 Å². The summed E-state index contributed by atoms with van der Waals surface area (Å²) >= 11 is 1.80. The number of thiophene rings is 1. The first-order valence-corrected chi connectivity index (χ1v) is 7.12. The molecule has 1 heterocycles. The monoisotopic (exact) mass is 250 g/mol. The van der Waals surface area contributed by atoms with Crippen LogP contribution in [-0.2, 0) is 11.1 Å². The Morgan fingerprint density at radius 2 is 2.35 bits per heavy atom. The molecule has 0 aromatic carbocycles. The SMILES string of the molecule is [B]OCCC1C(O)CC(C)C1Cc1cccs1. The second-order valence-corrected chi connectivity index (χ2v) is 6.08. The van der Waals surface area contributed by atoms with E-state index in [0.29, 0.717) is 24.4 Å². The summed E-state index contributed by atoms with van der Waals surface area (Å²) in [5.74, 6) is 1.46. The average molecular weight is 250 g/mol. The summed E-state index contributed by atoms with van der Waals surface area (Å²) in [6.07, 6.45) is 2.65. The summed E-state index contributed by atoms with van der Waals surface area (Å²) in [5.41, 5.74) is 0. The number of hydrogen-bond donors (Lipinski definition) is 1. The Hall–Kier alpha value is -0.315. The Morgan fingerprint density at radius 3 is 3.00 bits per heavy atom. The van der Waals surface area contributed by atoms with Gasteiger partial charge in [-0.15, -0.1) is 11.3 Å². The van der Waals surface area contributed by atoms with E-state index in [1.165, 1.54) is 4.88 Å². The van der Waals surface area contributed by atoms with Gasteiger partial charge in [0.05, 0.1) is 6.10 Å². The van der Waals surface area contributed by atoms with E-state index < -0.39 is 0 Å². The molecule has 1 saturated carbocycles. The van der Waals surface area contributed by atoms with Crippen molar-refractivity contribution in [2.24, 2.45) is 17.8 Å². The quantitative estimate of drug-likeness (QED) is 0.813. The molecule has 4 heteroatoms. The fourth-order valence-corrected chi connectivity index (χ4v) is 3.84. The van der Waals surface area contributed by atoms with E-state index in [0.717, 1.165) is 19.3 Å². The molecule has 1 N–H and O–H groups in total. The fraction of sp³-hybridized carbons (Fsp3) is 0.692. The molecule has 4 unspecified atom stereocenters. The predicted molar refractivity (Wildman–Crippen MR) is 71.1 cm³/mol. The van der Waals surface area contributed by atoms with E-state index in [1.807, 2.05) is 0 Å². The first kappa shape index (κ1) is 13.1. The lowest BCUT2D eigenvalue weighted by atomic mass is 9.85. The van der Waals surface area contributed by atoms with Gasteiger partial charge in [0.2, 0.25) is 0 Å². The first-order chi connectivity index (χ1) is 8.22. The van der Waals surface area contributed by atoms with Crippen LogP contribution in [0.25, 0.3) is 0 Å². The molecule has 2 nitrogen and oxygen atoms in total. The van der Waals surface area contributed by atoms with Crippen molar-refractivity contribution in [3.05, 3.63) is 22.4 Å². The first-order valence-electron chi connectivity index (χ1n) is 6.24. The van der Waals surface area contributed by atoms with Crippen LogP contribution in [0, 0.1) is 17.8 Å². The number of aliphatic hydroxyl groups excluding tert-OH is 1. The van der Waals surface area contributed by atoms with Crippen LogP contribution in [0.15, 0.2) is 17.5 Å². The zero-order valence-corrected chi connectivity index (χ0v) is 11.0. The maximum atomic E-state index is 10.1. The molecule has 0 aliphatic heterocycles. The van der Waals surface area contributed by atoms with Crippen LogP contribution >= 0.6 is 11.3 Å². The maximum Gasteiger partial charge on any atom is 0.282 e. The molecule has 0 bridgehead atoms. The lowest BCUT2D eigenvalue weighted by Crippen LogP contribution is -2.23. The number of rotatable bonds is 5. The highest BCUT2D eigenvalue weighted by Gasteiger charge is 2.39. The van der Waals surface area contributed by atoms with Crippen molar-refractivity contribution in [3.63, 3.8) is 0 Å². The molecule has 92 valence electrons. The van der Waals surface area contributed by atoms with Gasteiger partial charge in [0.25, 0.3) is 8.05 Å². The van der Waals surface area contributed by atoms with Gasteiger partial charge in [-0.2, -0.15) is 0 Å². The van der Waals surface area contributed by atoms with Crippen molar-refractivity contribution in [1.82, 2.24) is 0 Å². The normalized spacial score (nSPS) is 33.1. The summed E-state index contributed by atoms with van der Waals surface area (Å²) < 4.78 is 4.66. The summed E-state index contributed by atoms with van der Waals surface area (Å²) in [6.45, 7) is 2.78.